The van der Waals surface area contributed by atoms with Gasteiger partial charge in [0.2, 0.25) is 0 Å². The highest BCUT2D eigenvalue weighted by molar-refractivity contribution is 7.98. The minimum atomic E-state index is 0.869. The Hall–Kier alpha value is -2.85. The third-order valence-electron chi connectivity index (χ3n) is 4.61. The average molecular weight is 372 g/mol. The van der Waals surface area contributed by atoms with E-state index in [9.17, 15) is 0 Å². The van der Waals surface area contributed by atoms with Gasteiger partial charge in [-0.3, -0.25) is 0 Å². The SMILES string of the molecule is C=Cc1ccc(CSc2nccn3nc(-c4cc(C)ccc4C)cc23)cc1. The fourth-order valence-electron chi connectivity index (χ4n) is 3.05. The summed E-state index contributed by atoms with van der Waals surface area (Å²) < 4.78 is 1.92. The molecule has 0 saturated carbocycles. The van der Waals surface area contributed by atoms with E-state index in [1.165, 1.54) is 22.3 Å². The Morgan fingerprint density at radius 2 is 1.89 bits per heavy atom. The molecule has 0 unspecified atom stereocenters. The van der Waals surface area contributed by atoms with Crippen molar-refractivity contribution < 1.29 is 0 Å². The van der Waals surface area contributed by atoms with Crippen LogP contribution in [-0.2, 0) is 5.75 Å². The Morgan fingerprint density at radius 1 is 1.07 bits per heavy atom. The first-order valence-electron chi connectivity index (χ1n) is 8.90. The summed E-state index contributed by atoms with van der Waals surface area (Å²) in [6.07, 6.45) is 5.59. The number of nitrogens with zero attached hydrogens (tertiary/aromatic N) is 3. The molecule has 0 N–H and O–H groups in total. The number of rotatable bonds is 5. The molecule has 0 fully saturated rings. The molecule has 4 rings (SSSR count). The van der Waals surface area contributed by atoms with Crippen LogP contribution in [0.2, 0.25) is 0 Å². The minimum Gasteiger partial charge on any atom is -0.246 e. The maximum atomic E-state index is 4.78. The van der Waals surface area contributed by atoms with E-state index in [1.807, 2.05) is 23.0 Å². The second kappa shape index (κ2) is 7.41. The summed E-state index contributed by atoms with van der Waals surface area (Å²) in [5.74, 6) is 0.869. The molecule has 0 aliphatic heterocycles. The second-order valence-corrected chi connectivity index (χ2v) is 7.61. The third kappa shape index (κ3) is 3.67. The second-order valence-electron chi connectivity index (χ2n) is 6.64. The summed E-state index contributed by atoms with van der Waals surface area (Å²) >= 11 is 1.73. The number of aromatic nitrogens is 3. The molecule has 27 heavy (non-hydrogen) atoms. The lowest BCUT2D eigenvalue weighted by molar-refractivity contribution is 0.920. The predicted octanol–water partition coefficient (Wildman–Crippen LogP) is 5.95. The van der Waals surface area contributed by atoms with Gasteiger partial charge in [-0.25, -0.2) is 9.50 Å². The lowest BCUT2D eigenvalue weighted by Gasteiger charge is -2.03. The number of hydrogen-bond donors (Lipinski definition) is 0. The smallest absolute Gasteiger partial charge is 0.122 e. The van der Waals surface area contributed by atoms with Crippen molar-refractivity contribution in [3.05, 3.63) is 89.8 Å². The Labute approximate surface area is 163 Å². The summed E-state index contributed by atoms with van der Waals surface area (Å²) in [5, 5.41) is 5.77. The van der Waals surface area contributed by atoms with E-state index < -0.39 is 0 Å². The summed E-state index contributed by atoms with van der Waals surface area (Å²) in [6, 6.07) is 17.1. The summed E-state index contributed by atoms with van der Waals surface area (Å²) in [4.78, 5) is 4.59. The first kappa shape index (κ1) is 17.6. The third-order valence-corrected chi connectivity index (χ3v) is 5.68. The highest BCUT2D eigenvalue weighted by Gasteiger charge is 2.11. The maximum absolute atomic E-state index is 4.78. The Bertz CT molecular complexity index is 1110. The van der Waals surface area contributed by atoms with Crippen LogP contribution in [0.4, 0.5) is 0 Å². The van der Waals surface area contributed by atoms with Crippen LogP contribution in [0.25, 0.3) is 22.9 Å². The molecule has 0 amide bonds. The normalized spacial score (nSPS) is 11.0. The van der Waals surface area contributed by atoms with Crippen LogP contribution in [0.3, 0.4) is 0 Å². The molecule has 0 aliphatic rings. The van der Waals surface area contributed by atoms with Crippen molar-refractivity contribution in [1.82, 2.24) is 14.6 Å². The van der Waals surface area contributed by atoms with Crippen LogP contribution < -0.4 is 0 Å². The minimum absolute atomic E-state index is 0.869. The number of aryl methyl sites for hydroxylation is 2. The van der Waals surface area contributed by atoms with Crippen molar-refractivity contribution in [2.45, 2.75) is 24.6 Å². The van der Waals surface area contributed by atoms with Crippen LogP contribution in [0.5, 0.6) is 0 Å². The summed E-state index contributed by atoms with van der Waals surface area (Å²) in [5.41, 5.74) is 8.08. The molecule has 134 valence electrons. The van der Waals surface area contributed by atoms with Gasteiger partial charge in [-0.1, -0.05) is 66.4 Å². The number of fused-ring (bicyclic) bond motifs is 1. The lowest BCUT2D eigenvalue weighted by Crippen LogP contribution is -1.92. The Kier molecular flexibility index (Phi) is 4.82. The zero-order valence-electron chi connectivity index (χ0n) is 15.5. The highest BCUT2D eigenvalue weighted by atomic mass is 32.2. The number of thioether (sulfide) groups is 1. The molecule has 0 bridgehead atoms. The van der Waals surface area contributed by atoms with Crippen LogP contribution >= 0.6 is 11.8 Å². The van der Waals surface area contributed by atoms with Gasteiger partial charge in [0.1, 0.15) is 5.03 Å². The topological polar surface area (TPSA) is 30.2 Å². The maximum Gasteiger partial charge on any atom is 0.122 e. The van der Waals surface area contributed by atoms with Gasteiger partial charge in [0.05, 0.1) is 11.2 Å². The van der Waals surface area contributed by atoms with Gasteiger partial charge >= 0.3 is 0 Å². The Morgan fingerprint density at radius 3 is 2.67 bits per heavy atom. The zero-order chi connectivity index (χ0) is 18.8. The number of benzene rings is 2. The molecule has 3 nitrogen and oxygen atoms in total. The Balaban J connectivity index is 1.64. The van der Waals surface area contributed by atoms with E-state index in [-0.39, 0.29) is 0 Å². The van der Waals surface area contributed by atoms with Gasteiger partial charge in [0.15, 0.2) is 0 Å². The lowest BCUT2D eigenvalue weighted by atomic mass is 10.0. The fraction of sp³-hybridized carbons (Fsp3) is 0.130. The molecule has 0 spiro atoms. The quantitative estimate of drug-likeness (QED) is 0.406. The van der Waals surface area contributed by atoms with Crippen LogP contribution in [0.1, 0.15) is 22.3 Å². The first-order chi connectivity index (χ1) is 13.1. The monoisotopic (exact) mass is 371 g/mol. The predicted molar refractivity (Wildman–Crippen MR) is 114 cm³/mol. The average Bonchev–Trinajstić information content (AvgIpc) is 3.13. The van der Waals surface area contributed by atoms with Crippen molar-refractivity contribution in [3.63, 3.8) is 0 Å². The first-order valence-corrected chi connectivity index (χ1v) is 9.89. The van der Waals surface area contributed by atoms with E-state index in [4.69, 9.17) is 5.10 Å². The molecule has 4 aromatic rings. The van der Waals surface area contributed by atoms with Gasteiger partial charge in [-0.2, -0.15) is 5.10 Å². The zero-order valence-corrected chi connectivity index (χ0v) is 16.3. The standard InChI is InChI=1S/C23H21N3S/c1-4-18-7-9-19(10-8-18)15-27-23-22-14-21(25-26(22)12-11-24-23)20-13-16(2)5-6-17(20)3/h4-14H,1,15H2,2-3H3. The van der Waals surface area contributed by atoms with Crippen LogP contribution in [-0.4, -0.2) is 14.6 Å². The van der Waals surface area contributed by atoms with E-state index in [0.29, 0.717) is 0 Å². The molecule has 0 radical (unpaired) electrons. The molecule has 2 heterocycles. The van der Waals surface area contributed by atoms with Gasteiger partial charge < -0.3 is 0 Å². The van der Waals surface area contributed by atoms with Gasteiger partial charge in [0.25, 0.3) is 0 Å². The van der Waals surface area contributed by atoms with E-state index in [1.54, 1.807) is 11.8 Å². The van der Waals surface area contributed by atoms with Gasteiger partial charge in [-0.05, 0) is 42.7 Å². The van der Waals surface area contributed by atoms with Crippen LogP contribution in [0.15, 0.2) is 72.5 Å². The van der Waals surface area contributed by atoms with Gasteiger partial charge in [0, 0.05) is 23.7 Å². The largest absolute Gasteiger partial charge is 0.246 e. The van der Waals surface area contributed by atoms with Crippen molar-refractivity contribution in [3.8, 4) is 11.3 Å². The van der Waals surface area contributed by atoms with E-state index in [2.05, 4.69) is 73.9 Å². The molecule has 0 atom stereocenters. The van der Waals surface area contributed by atoms with E-state index >= 15 is 0 Å². The van der Waals surface area contributed by atoms with Crippen LogP contribution in [0, 0.1) is 13.8 Å². The highest BCUT2D eigenvalue weighted by Crippen LogP contribution is 2.29. The summed E-state index contributed by atoms with van der Waals surface area (Å²) in [6.45, 7) is 8.04. The van der Waals surface area contributed by atoms with Gasteiger partial charge in [-0.15, -0.1) is 0 Å². The molecular weight excluding hydrogens is 350 g/mol. The molecule has 4 heteroatoms. The van der Waals surface area contributed by atoms with Crippen molar-refractivity contribution >= 4 is 23.4 Å². The molecule has 0 saturated heterocycles. The van der Waals surface area contributed by atoms with E-state index in [0.717, 1.165) is 27.6 Å². The number of hydrogen-bond acceptors (Lipinski definition) is 3. The van der Waals surface area contributed by atoms with Crippen molar-refractivity contribution in [1.29, 1.82) is 0 Å². The molecular formula is C23H21N3S. The molecule has 2 aromatic carbocycles. The summed E-state index contributed by atoms with van der Waals surface area (Å²) in [7, 11) is 0. The van der Waals surface area contributed by atoms with Crippen molar-refractivity contribution in [2.75, 3.05) is 0 Å². The molecule has 2 aromatic heterocycles. The fourth-order valence-corrected chi connectivity index (χ4v) is 3.99. The van der Waals surface area contributed by atoms with Crippen molar-refractivity contribution in [2.24, 2.45) is 0 Å². The molecule has 0 aliphatic carbocycles.